The maximum absolute atomic E-state index is 13.4. The molecule has 2 N–H and O–H groups in total. The molecule has 1 aliphatic rings. The molecule has 0 saturated heterocycles. The third-order valence-corrected chi connectivity index (χ3v) is 3.75. The van der Waals surface area contributed by atoms with E-state index in [1.807, 2.05) is 12.1 Å². The van der Waals surface area contributed by atoms with Gasteiger partial charge < -0.3 is 5.73 Å². The monoisotopic (exact) mass is 207 g/mol. The smallest absolute Gasteiger partial charge is 0.126 e. The second-order valence-corrected chi connectivity index (χ2v) is 4.72. The molecule has 2 heteroatoms. The Morgan fingerprint density at radius 3 is 2.60 bits per heavy atom. The van der Waals surface area contributed by atoms with Gasteiger partial charge in [-0.15, -0.1) is 0 Å². The SMILES string of the molecule is Cc1ccc(C2CCC(N)C2C)cc1F. The maximum atomic E-state index is 13.4. The van der Waals surface area contributed by atoms with Gasteiger partial charge in [0.25, 0.3) is 0 Å². The minimum atomic E-state index is -0.0971. The van der Waals surface area contributed by atoms with Gasteiger partial charge in [0.2, 0.25) is 0 Å². The molecule has 2 rings (SSSR count). The van der Waals surface area contributed by atoms with Gasteiger partial charge in [-0.05, 0) is 48.8 Å². The summed E-state index contributed by atoms with van der Waals surface area (Å²) in [6.45, 7) is 3.96. The van der Waals surface area contributed by atoms with Crippen molar-refractivity contribution >= 4 is 0 Å². The molecule has 15 heavy (non-hydrogen) atoms. The van der Waals surface area contributed by atoms with Crippen molar-refractivity contribution in [2.75, 3.05) is 0 Å². The molecular formula is C13H18FN. The lowest BCUT2D eigenvalue weighted by molar-refractivity contribution is 0.477. The number of nitrogens with two attached hydrogens (primary N) is 1. The molecule has 0 heterocycles. The van der Waals surface area contributed by atoms with Gasteiger partial charge >= 0.3 is 0 Å². The van der Waals surface area contributed by atoms with Crippen molar-refractivity contribution in [3.05, 3.63) is 35.1 Å². The normalized spacial score (nSPS) is 30.8. The summed E-state index contributed by atoms with van der Waals surface area (Å²) in [5.41, 5.74) is 7.81. The van der Waals surface area contributed by atoms with E-state index < -0.39 is 0 Å². The molecule has 1 aromatic carbocycles. The van der Waals surface area contributed by atoms with Gasteiger partial charge in [-0.3, -0.25) is 0 Å². The minimum absolute atomic E-state index is 0.0971. The first-order valence-electron chi connectivity index (χ1n) is 5.61. The van der Waals surface area contributed by atoms with Gasteiger partial charge in [0.15, 0.2) is 0 Å². The van der Waals surface area contributed by atoms with Crippen LogP contribution >= 0.6 is 0 Å². The van der Waals surface area contributed by atoms with Crippen LogP contribution in [0.15, 0.2) is 18.2 Å². The third kappa shape index (κ3) is 1.91. The molecule has 0 aliphatic heterocycles. The zero-order chi connectivity index (χ0) is 11.0. The summed E-state index contributed by atoms with van der Waals surface area (Å²) in [5, 5.41) is 0. The molecule has 0 spiro atoms. The highest BCUT2D eigenvalue weighted by atomic mass is 19.1. The minimum Gasteiger partial charge on any atom is -0.327 e. The number of hydrogen-bond donors (Lipinski definition) is 1. The van der Waals surface area contributed by atoms with Crippen LogP contribution in [-0.2, 0) is 0 Å². The predicted octanol–water partition coefficient (Wildman–Crippen LogP) is 2.97. The molecule has 0 bridgehead atoms. The van der Waals surface area contributed by atoms with Gasteiger partial charge in [-0.2, -0.15) is 0 Å². The largest absolute Gasteiger partial charge is 0.327 e. The Balaban J connectivity index is 2.26. The second-order valence-electron chi connectivity index (χ2n) is 4.72. The number of halogens is 1. The molecular weight excluding hydrogens is 189 g/mol. The maximum Gasteiger partial charge on any atom is 0.126 e. The van der Waals surface area contributed by atoms with E-state index in [1.165, 1.54) is 0 Å². The quantitative estimate of drug-likeness (QED) is 0.752. The van der Waals surface area contributed by atoms with Gasteiger partial charge in [0.1, 0.15) is 5.82 Å². The Kier molecular flexibility index (Phi) is 2.79. The summed E-state index contributed by atoms with van der Waals surface area (Å²) < 4.78 is 13.4. The fraction of sp³-hybridized carbons (Fsp3) is 0.538. The van der Waals surface area contributed by atoms with E-state index in [4.69, 9.17) is 5.73 Å². The van der Waals surface area contributed by atoms with Crippen molar-refractivity contribution in [3.8, 4) is 0 Å². The Labute approximate surface area is 90.5 Å². The number of hydrogen-bond acceptors (Lipinski definition) is 1. The first-order valence-corrected chi connectivity index (χ1v) is 5.61. The van der Waals surface area contributed by atoms with Crippen LogP contribution in [0.2, 0.25) is 0 Å². The highest BCUT2D eigenvalue weighted by Crippen LogP contribution is 2.38. The Bertz CT molecular complexity index is 362. The molecule has 1 saturated carbocycles. The van der Waals surface area contributed by atoms with Crippen LogP contribution in [0.4, 0.5) is 4.39 Å². The van der Waals surface area contributed by atoms with E-state index in [0.29, 0.717) is 17.4 Å². The molecule has 3 unspecified atom stereocenters. The van der Waals surface area contributed by atoms with Crippen molar-refractivity contribution < 1.29 is 4.39 Å². The van der Waals surface area contributed by atoms with E-state index >= 15 is 0 Å². The second kappa shape index (κ2) is 3.93. The van der Waals surface area contributed by atoms with E-state index in [2.05, 4.69) is 6.92 Å². The van der Waals surface area contributed by atoms with E-state index in [1.54, 1.807) is 13.0 Å². The fourth-order valence-corrected chi connectivity index (χ4v) is 2.51. The highest BCUT2D eigenvalue weighted by molar-refractivity contribution is 5.27. The standard InChI is InChI=1S/C13H18FN/c1-8-3-4-10(7-12(8)14)11-5-6-13(15)9(11)2/h3-4,7,9,11,13H,5-6,15H2,1-2H3. The topological polar surface area (TPSA) is 26.0 Å². The van der Waals surface area contributed by atoms with Crippen LogP contribution in [0.3, 0.4) is 0 Å². The first kappa shape index (κ1) is 10.6. The zero-order valence-electron chi connectivity index (χ0n) is 9.33. The van der Waals surface area contributed by atoms with Crippen LogP contribution in [0.25, 0.3) is 0 Å². The average molecular weight is 207 g/mol. The van der Waals surface area contributed by atoms with Crippen molar-refractivity contribution in [1.82, 2.24) is 0 Å². The molecule has 0 aromatic heterocycles. The van der Waals surface area contributed by atoms with Crippen LogP contribution in [0.1, 0.15) is 36.8 Å². The van der Waals surface area contributed by atoms with Gasteiger partial charge in [0, 0.05) is 6.04 Å². The lowest BCUT2D eigenvalue weighted by atomic mass is 9.88. The molecule has 3 atom stereocenters. The summed E-state index contributed by atoms with van der Waals surface area (Å²) in [7, 11) is 0. The molecule has 1 aliphatic carbocycles. The molecule has 82 valence electrons. The average Bonchev–Trinajstić information content (AvgIpc) is 2.53. The Morgan fingerprint density at radius 1 is 1.33 bits per heavy atom. The molecule has 1 nitrogen and oxygen atoms in total. The Morgan fingerprint density at radius 2 is 2.07 bits per heavy atom. The van der Waals surface area contributed by atoms with E-state index in [9.17, 15) is 4.39 Å². The van der Waals surface area contributed by atoms with E-state index in [0.717, 1.165) is 18.4 Å². The van der Waals surface area contributed by atoms with Crippen LogP contribution in [-0.4, -0.2) is 6.04 Å². The van der Waals surface area contributed by atoms with Gasteiger partial charge in [0.05, 0.1) is 0 Å². The number of aryl methyl sites for hydroxylation is 1. The molecule has 0 radical (unpaired) electrons. The summed E-state index contributed by atoms with van der Waals surface area (Å²) in [6, 6.07) is 5.85. The number of rotatable bonds is 1. The van der Waals surface area contributed by atoms with E-state index in [-0.39, 0.29) is 11.9 Å². The summed E-state index contributed by atoms with van der Waals surface area (Å²) in [4.78, 5) is 0. The van der Waals surface area contributed by atoms with Crippen molar-refractivity contribution in [2.45, 2.75) is 38.6 Å². The van der Waals surface area contributed by atoms with Gasteiger partial charge in [-0.25, -0.2) is 4.39 Å². The Hall–Kier alpha value is -0.890. The molecule has 1 fully saturated rings. The molecule has 0 amide bonds. The van der Waals surface area contributed by atoms with Crippen LogP contribution in [0, 0.1) is 18.7 Å². The summed E-state index contributed by atoms with van der Waals surface area (Å²) >= 11 is 0. The zero-order valence-corrected chi connectivity index (χ0v) is 9.33. The third-order valence-electron chi connectivity index (χ3n) is 3.75. The van der Waals surface area contributed by atoms with Crippen molar-refractivity contribution in [2.24, 2.45) is 11.7 Å². The predicted molar refractivity (Wildman–Crippen MR) is 60.3 cm³/mol. The molecule has 1 aromatic rings. The summed E-state index contributed by atoms with van der Waals surface area (Å²) in [5.74, 6) is 0.808. The van der Waals surface area contributed by atoms with Crippen LogP contribution < -0.4 is 5.73 Å². The highest BCUT2D eigenvalue weighted by Gasteiger charge is 2.31. The summed E-state index contributed by atoms with van der Waals surface area (Å²) in [6.07, 6.45) is 2.15. The van der Waals surface area contributed by atoms with Crippen molar-refractivity contribution in [3.63, 3.8) is 0 Å². The number of benzene rings is 1. The lowest BCUT2D eigenvalue weighted by Gasteiger charge is -2.18. The fourth-order valence-electron chi connectivity index (χ4n) is 2.51. The van der Waals surface area contributed by atoms with Gasteiger partial charge in [-0.1, -0.05) is 19.1 Å². The van der Waals surface area contributed by atoms with Crippen LogP contribution in [0.5, 0.6) is 0 Å². The van der Waals surface area contributed by atoms with Crippen molar-refractivity contribution in [1.29, 1.82) is 0 Å². The first-order chi connectivity index (χ1) is 7.09. The lowest BCUT2D eigenvalue weighted by Crippen LogP contribution is -2.24.